The van der Waals surface area contributed by atoms with Crippen molar-refractivity contribution in [3.63, 3.8) is 0 Å². The summed E-state index contributed by atoms with van der Waals surface area (Å²) in [7, 11) is 3.38. The van der Waals surface area contributed by atoms with Gasteiger partial charge >= 0.3 is 0 Å². The summed E-state index contributed by atoms with van der Waals surface area (Å²) in [5.74, 6) is 1.50. The van der Waals surface area contributed by atoms with Crippen LogP contribution >= 0.6 is 0 Å². The fourth-order valence-electron chi connectivity index (χ4n) is 1.26. The number of methoxy groups -OCH3 is 1. The molecule has 82 valence electrons. The first-order valence-electron chi connectivity index (χ1n) is 4.94. The number of hydrogen-bond donors (Lipinski definition) is 0. The molecule has 0 radical (unpaired) electrons. The van der Waals surface area contributed by atoms with Crippen molar-refractivity contribution in [2.24, 2.45) is 4.99 Å². The quantitative estimate of drug-likeness (QED) is 0.710. The van der Waals surface area contributed by atoms with E-state index in [4.69, 9.17) is 9.47 Å². The van der Waals surface area contributed by atoms with Gasteiger partial charge in [-0.25, -0.2) is 0 Å². The molecule has 1 rings (SSSR count). The average Bonchev–Trinajstić information content (AvgIpc) is 2.20. The van der Waals surface area contributed by atoms with E-state index in [0.717, 1.165) is 17.1 Å². The molecule has 0 N–H and O–H groups in total. The summed E-state index contributed by atoms with van der Waals surface area (Å²) in [5.41, 5.74) is 1.01. The van der Waals surface area contributed by atoms with Gasteiger partial charge in [-0.2, -0.15) is 0 Å². The summed E-state index contributed by atoms with van der Waals surface area (Å²) in [6, 6.07) is 5.76. The number of nitrogens with zero attached hydrogens (tertiary/aromatic N) is 1. The van der Waals surface area contributed by atoms with Crippen LogP contribution in [0.1, 0.15) is 19.4 Å². The van der Waals surface area contributed by atoms with Crippen LogP contribution in [-0.2, 0) is 0 Å². The van der Waals surface area contributed by atoms with Gasteiger partial charge in [0.15, 0.2) is 11.5 Å². The van der Waals surface area contributed by atoms with Gasteiger partial charge in [-0.1, -0.05) is 0 Å². The molecule has 0 unspecified atom stereocenters. The van der Waals surface area contributed by atoms with Crippen LogP contribution in [0.15, 0.2) is 23.2 Å². The van der Waals surface area contributed by atoms with Crippen LogP contribution in [-0.4, -0.2) is 26.5 Å². The Bertz CT molecular complexity index is 345. The van der Waals surface area contributed by atoms with Crippen molar-refractivity contribution in [3.8, 4) is 11.5 Å². The van der Waals surface area contributed by atoms with Gasteiger partial charge in [0.25, 0.3) is 0 Å². The third kappa shape index (κ3) is 3.27. The second-order valence-corrected chi connectivity index (χ2v) is 3.46. The molecule has 0 atom stereocenters. The van der Waals surface area contributed by atoms with Crippen LogP contribution in [0.25, 0.3) is 0 Å². The van der Waals surface area contributed by atoms with Crippen LogP contribution in [0.4, 0.5) is 0 Å². The molecular formula is C12H17NO2. The molecule has 0 aliphatic rings. The number of aliphatic imine (C=N–C) groups is 1. The van der Waals surface area contributed by atoms with E-state index in [1.54, 1.807) is 20.4 Å². The molecule has 1 aromatic carbocycles. The first-order chi connectivity index (χ1) is 7.17. The van der Waals surface area contributed by atoms with E-state index in [9.17, 15) is 0 Å². The van der Waals surface area contributed by atoms with Gasteiger partial charge in [0.05, 0.1) is 13.2 Å². The number of rotatable bonds is 4. The Balaban J connectivity index is 2.98. The van der Waals surface area contributed by atoms with Gasteiger partial charge in [-0.05, 0) is 37.6 Å². The molecule has 0 aromatic heterocycles. The molecule has 0 heterocycles. The number of benzene rings is 1. The summed E-state index contributed by atoms with van der Waals surface area (Å²) in [6.45, 7) is 3.97. The van der Waals surface area contributed by atoms with E-state index in [1.807, 2.05) is 32.0 Å². The van der Waals surface area contributed by atoms with E-state index in [-0.39, 0.29) is 6.10 Å². The van der Waals surface area contributed by atoms with Gasteiger partial charge in [-0.3, -0.25) is 4.99 Å². The highest BCUT2D eigenvalue weighted by molar-refractivity contribution is 5.80. The molecule has 1 aromatic rings. The average molecular weight is 207 g/mol. The summed E-state index contributed by atoms with van der Waals surface area (Å²) in [4.78, 5) is 3.95. The molecule has 0 saturated heterocycles. The third-order valence-corrected chi connectivity index (χ3v) is 1.83. The zero-order valence-electron chi connectivity index (χ0n) is 9.65. The molecule has 0 amide bonds. The monoisotopic (exact) mass is 207 g/mol. The molecule has 0 fully saturated rings. The Hall–Kier alpha value is -1.51. The molecular weight excluding hydrogens is 190 g/mol. The molecule has 0 aliphatic carbocycles. The Morgan fingerprint density at radius 1 is 1.27 bits per heavy atom. The number of ether oxygens (including phenoxy) is 2. The van der Waals surface area contributed by atoms with Crippen molar-refractivity contribution in [1.29, 1.82) is 0 Å². The van der Waals surface area contributed by atoms with Crippen molar-refractivity contribution in [1.82, 2.24) is 0 Å². The zero-order valence-corrected chi connectivity index (χ0v) is 9.65. The normalized spacial score (nSPS) is 11.0. The molecule has 0 bridgehead atoms. The predicted molar refractivity (Wildman–Crippen MR) is 62.3 cm³/mol. The minimum Gasteiger partial charge on any atom is -0.493 e. The molecule has 15 heavy (non-hydrogen) atoms. The second-order valence-electron chi connectivity index (χ2n) is 3.46. The first kappa shape index (κ1) is 11.6. The van der Waals surface area contributed by atoms with Gasteiger partial charge in [0, 0.05) is 13.3 Å². The lowest BCUT2D eigenvalue weighted by Crippen LogP contribution is -2.06. The van der Waals surface area contributed by atoms with E-state index >= 15 is 0 Å². The van der Waals surface area contributed by atoms with Gasteiger partial charge in [-0.15, -0.1) is 0 Å². The highest BCUT2D eigenvalue weighted by atomic mass is 16.5. The lowest BCUT2D eigenvalue weighted by Gasteiger charge is -2.13. The van der Waals surface area contributed by atoms with E-state index in [1.165, 1.54) is 0 Å². The second kappa shape index (κ2) is 5.39. The fraction of sp³-hybridized carbons (Fsp3) is 0.417. The molecule has 0 saturated carbocycles. The summed E-state index contributed by atoms with van der Waals surface area (Å²) >= 11 is 0. The Labute approximate surface area is 90.7 Å². The molecule has 3 heteroatoms. The summed E-state index contributed by atoms with van der Waals surface area (Å²) < 4.78 is 10.8. The number of hydrogen-bond acceptors (Lipinski definition) is 3. The Morgan fingerprint density at radius 2 is 2.00 bits per heavy atom. The lowest BCUT2D eigenvalue weighted by molar-refractivity contribution is 0.230. The first-order valence-corrected chi connectivity index (χ1v) is 4.94. The van der Waals surface area contributed by atoms with E-state index in [2.05, 4.69) is 4.99 Å². The smallest absolute Gasteiger partial charge is 0.161 e. The maximum Gasteiger partial charge on any atom is 0.161 e. The zero-order chi connectivity index (χ0) is 11.3. The van der Waals surface area contributed by atoms with Crippen molar-refractivity contribution in [3.05, 3.63) is 23.8 Å². The Kier molecular flexibility index (Phi) is 4.16. The molecule has 3 nitrogen and oxygen atoms in total. The van der Waals surface area contributed by atoms with Crippen LogP contribution in [0, 0.1) is 0 Å². The Morgan fingerprint density at radius 3 is 2.53 bits per heavy atom. The minimum absolute atomic E-state index is 0.143. The maximum absolute atomic E-state index is 5.60. The highest BCUT2D eigenvalue weighted by Crippen LogP contribution is 2.28. The fourth-order valence-corrected chi connectivity index (χ4v) is 1.26. The summed E-state index contributed by atoms with van der Waals surface area (Å²) in [5, 5.41) is 0. The largest absolute Gasteiger partial charge is 0.493 e. The summed E-state index contributed by atoms with van der Waals surface area (Å²) in [6.07, 6.45) is 1.92. The maximum atomic E-state index is 5.60. The third-order valence-electron chi connectivity index (χ3n) is 1.83. The van der Waals surface area contributed by atoms with Gasteiger partial charge in [0.1, 0.15) is 0 Å². The highest BCUT2D eigenvalue weighted by Gasteiger charge is 2.06. The SMILES string of the molecule is CN=Cc1ccc(OC(C)C)c(OC)c1. The van der Waals surface area contributed by atoms with E-state index < -0.39 is 0 Å². The van der Waals surface area contributed by atoms with Crippen LogP contribution < -0.4 is 9.47 Å². The van der Waals surface area contributed by atoms with Gasteiger partial charge < -0.3 is 9.47 Å². The molecule has 0 spiro atoms. The van der Waals surface area contributed by atoms with E-state index in [0.29, 0.717) is 0 Å². The van der Waals surface area contributed by atoms with Crippen LogP contribution in [0.3, 0.4) is 0 Å². The van der Waals surface area contributed by atoms with Crippen LogP contribution in [0.2, 0.25) is 0 Å². The predicted octanol–water partition coefficient (Wildman–Crippen LogP) is 2.53. The standard InChI is InChI=1S/C12H17NO2/c1-9(2)15-11-6-5-10(8-13-3)7-12(11)14-4/h5-9H,1-4H3. The van der Waals surface area contributed by atoms with Crippen molar-refractivity contribution in [2.75, 3.05) is 14.2 Å². The van der Waals surface area contributed by atoms with Crippen molar-refractivity contribution < 1.29 is 9.47 Å². The molecule has 0 aliphatic heterocycles. The van der Waals surface area contributed by atoms with Crippen molar-refractivity contribution >= 4 is 6.21 Å². The minimum atomic E-state index is 0.143. The lowest BCUT2D eigenvalue weighted by atomic mass is 10.2. The topological polar surface area (TPSA) is 30.8 Å². The van der Waals surface area contributed by atoms with Crippen LogP contribution in [0.5, 0.6) is 11.5 Å². The van der Waals surface area contributed by atoms with Crippen molar-refractivity contribution in [2.45, 2.75) is 20.0 Å². The van der Waals surface area contributed by atoms with Gasteiger partial charge in [0.2, 0.25) is 0 Å².